The molecule has 0 unspecified atom stereocenters. The average molecular weight is 311 g/mol. The quantitative estimate of drug-likeness (QED) is 0.503. The molecular formula is C14H27ClO3S. The molecule has 0 aromatic rings. The van der Waals surface area contributed by atoms with Crippen molar-refractivity contribution in [2.75, 3.05) is 19.0 Å². The average Bonchev–Trinajstić information content (AvgIpc) is 2.27. The molecule has 0 bridgehead atoms. The van der Waals surface area contributed by atoms with Crippen molar-refractivity contribution in [3.8, 4) is 0 Å². The molecule has 3 nitrogen and oxygen atoms in total. The van der Waals surface area contributed by atoms with Gasteiger partial charge in [0, 0.05) is 22.7 Å². The smallest absolute Gasteiger partial charge is 0.233 e. The molecule has 0 N–H and O–H groups in total. The highest BCUT2D eigenvalue weighted by atomic mass is 35.7. The van der Waals surface area contributed by atoms with Gasteiger partial charge in [-0.3, -0.25) is 0 Å². The molecule has 0 radical (unpaired) electrons. The van der Waals surface area contributed by atoms with E-state index in [0.29, 0.717) is 12.5 Å². The normalized spacial score (nSPS) is 19.8. The van der Waals surface area contributed by atoms with Crippen LogP contribution in [-0.4, -0.2) is 27.4 Å². The second kappa shape index (κ2) is 7.84. The summed E-state index contributed by atoms with van der Waals surface area (Å²) in [6.07, 6.45) is 7.40. The maximum Gasteiger partial charge on any atom is 0.233 e. The van der Waals surface area contributed by atoms with Crippen molar-refractivity contribution in [3.05, 3.63) is 0 Å². The van der Waals surface area contributed by atoms with Crippen LogP contribution in [0.15, 0.2) is 0 Å². The lowest BCUT2D eigenvalue weighted by molar-refractivity contribution is 0.0309. The summed E-state index contributed by atoms with van der Waals surface area (Å²) in [5.41, 5.74) is -0.239. The Morgan fingerprint density at radius 3 is 2.37 bits per heavy atom. The number of halogens is 1. The van der Waals surface area contributed by atoms with E-state index >= 15 is 0 Å². The van der Waals surface area contributed by atoms with Gasteiger partial charge in [0.15, 0.2) is 0 Å². The lowest BCUT2D eigenvalue weighted by Gasteiger charge is -2.36. The molecule has 1 aliphatic rings. The van der Waals surface area contributed by atoms with Crippen molar-refractivity contribution in [2.45, 2.75) is 58.8 Å². The highest BCUT2D eigenvalue weighted by Gasteiger charge is 2.36. The first-order valence-corrected chi connectivity index (χ1v) is 9.81. The lowest BCUT2D eigenvalue weighted by Crippen LogP contribution is -2.35. The molecule has 0 saturated heterocycles. The Hall–Kier alpha value is 0.200. The molecule has 0 heterocycles. The number of hydrogen-bond acceptors (Lipinski definition) is 3. The van der Waals surface area contributed by atoms with Crippen LogP contribution in [0.3, 0.4) is 0 Å². The van der Waals surface area contributed by atoms with E-state index in [2.05, 4.69) is 13.8 Å². The molecule has 1 fully saturated rings. The third kappa shape index (κ3) is 7.52. The van der Waals surface area contributed by atoms with Crippen molar-refractivity contribution < 1.29 is 13.2 Å². The van der Waals surface area contributed by atoms with E-state index in [0.717, 1.165) is 45.1 Å². The topological polar surface area (TPSA) is 43.4 Å². The first-order chi connectivity index (χ1) is 8.83. The second-order valence-corrected chi connectivity index (χ2v) is 9.11. The first-order valence-electron chi connectivity index (χ1n) is 7.33. The minimum Gasteiger partial charge on any atom is -0.381 e. The molecule has 0 aromatic heterocycles. The van der Waals surface area contributed by atoms with Gasteiger partial charge < -0.3 is 4.74 Å². The molecule has 0 spiro atoms. The van der Waals surface area contributed by atoms with Crippen LogP contribution in [0.1, 0.15) is 58.8 Å². The first kappa shape index (κ1) is 17.3. The van der Waals surface area contributed by atoms with E-state index in [4.69, 9.17) is 15.4 Å². The number of rotatable bonds is 8. The Labute approximate surface area is 122 Å². The van der Waals surface area contributed by atoms with Crippen molar-refractivity contribution in [3.63, 3.8) is 0 Å². The maximum atomic E-state index is 11.4. The third-order valence-corrected chi connectivity index (χ3v) is 5.16. The van der Waals surface area contributed by atoms with Crippen LogP contribution in [0.4, 0.5) is 0 Å². The summed E-state index contributed by atoms with van der Waals surface area (Å²) in [6, 6.07) is 0. The zero-order valence-electron chi connectivity index (χ0n) is 12.2. The van der Waals surface area contributed by atoms with Crippen LogP contribution >= 0.6 is 10.7 Å². The molecule has 5 heteroatoms. The van der Waals surface area contributed by atoms with E-state index in [1.54, 1.807) is 0 Å². The van der Waals surface area contributed by atoms with Crippen molar-refractivity contribution in [2.24, 2.45) is 11.3 Å². The fourth-order valence-corrected chi connectivity index (χ4v) is 4.68. The van der Waals surface area contributed by atoms with Gasteiger partial charge in [-0.05, 0) is 31.6 Å². The van der Waals surface area contributed by atoms with Crippen LogP contribution in [0, 0.1) is 11.3 Å². The maximum absolute atomic E-state index is 11.4. The van der Waals surface area contributed by atoms with Gasteiger partial charge in [-0.1, -0.05) is 33.1 Å². The van der Waals surface area contributed by atoms with E-state index in [-0.39, 0.29) is 11.2 Å². The fourth-order valence-electron chi connectivity index (χ4n) is 2.88. The highest BCUT2D eigenvalue weighted by Crippen LogP contribution is 2.38. The van der Waals surface area contributed by atoms with Gasteiger partial charge in [0.2, 0.25) is 9.05 Å². The molecule has 0 aromatic carbocycles. The third-order valence-electron chi connectivity index (χ3n) is 3.87. The number of ether oxygens (including phenoxy) is 1. The Balaban J connectivity index is 2.41. The van der Waals surface area contributed by atoms with Gasteiger partial charge in [-0.15, -0.1) is 0 Å². The van der Waals surface area contributed by atoms with Crippen LogP contribution in [0.5, 0.6) is 0 Å². The summed E-state index contributed by atoms with van der Waals surface area (Å²) in [5.74, 6) is 0.751. The zero-order chi connectivity index (χ0) is 14.4. The van der Waals surface area contributed by atoms with Crippen molar-refractivity contribution >= 4 is 19.7 Å². The van der Waals surface area contributed by atoms with Crippen LogP contribution < -0.4 is 0 Å². The van der Waals surface area contributed by atoms with E-state index < -0.39 is 9.05 Å². The molecule has 19 heavy (non-hydrogen) atoms. The van der Waals surface area contributed by atoms with Gasteiger partial charge in [0.25, 0.3) is 0 Å². The summed E-state index contributed by atoms with van der Waals surface area (Å²) in [4.78, 5) is 0. The minimum absolute atomic E-state index is 0.0612. The molecule has 1 rings (SSSR count). The molecule has 114 valence electrons. The van der Waals surface area contributed by atoms with Gasteiger partial charge in [0.1, 0.15) is 0 Å². The van der Waals surface area contributed by atoms with Crippen molar-refractivity contribution in [1.29, 1.82) is 0 Å². The number of hydrogen-bond donors (Lipinski definition) is 0. The fraction of sp³-hybridized carbons (Fsp3) is 1.00. The Morgan fingerprint density at radius 2 is 1.84 bits per heavy atom. The van der Waals surface area contributed by atoms with E-state index in [9.17, 15) is 8.42 Å². The van der Waals surface area contributed by atoms with Crippen LogP contribution in [-0.2, 0) is 13.8 Å². The van der Waals surface area contributed by atoms with Gasteiger partial charge in [-0.25, -0.2) is 8.42 Å². The molecule has 0 aliphatic heterocycles. The van der Waals surface area contributed by atoms with Gasteiger partial charge in [0.05, 0.1) is 12.4 Å². The van der Waals surface area contributed by atoms with Crippen molar-refractivity contribution in [1.82, 2.24) is 0 Å². The summed E-state index contributed by atoms with van der Waals surface area (Å²) >= 11 is 0. The monoisotopic (exact) mass is 310 g/mol. The lowest BCUT2D eigenvalue weighted by atomic mass is 9.76. The predicted octanol–water partition coefficient (Wildman–Crippen LogP) is 3.96. The van der Waals surface area contributed by atoms with Crippen LogP contribution in [0.25, 0.3) is 0 Å². The predicted molar refractivity (Wildman–Crippen MR) is 80.0 cm³/mol. The highest BCUT2D eigenvalue weighted by molar-refractivity contribution is 8.13. The molecular weight excluding hydrogens is 284 g/mol. The minimum atomic E-state index is -3.45. The molecule has 0 amide bonds. The van der Waals surface area contributed by atoms with E-state index in [1.807, 2.05) is 0 Å². The summed E-state index contributed by atoms with van der Waals surface area (Å²) in [7, 11) is 2.01. The Kier molecular flexibility index (Phi) is 7.12. The second-order valence-electron chi connectivity index (χ2n) is 6.33. The van der Waals surface area contributed by atoms with E-state index in [1.165, 1.54) is 6.42 Å². The summed E-state index contributed by atoms with van der Waals surface area (Å²) in [6.45, 7) is 5.66. The SMILES string of the molecule is CC(C)CCCOCC1(CS(=O)(=O)Cl)CCCCC1. The molecule has 0 atom stereocenters. The molecule has 1 aliphatic carbocycles. The Bertz CT molecular complexity index is 346. The zero-order valence-corrected chi connectivity index (χ0v) is 13.7. The van der Waals surface area contributed by atoms with Gasteiger partial charge in [-0.2, -0.15) is 0 Å². The largest absolute Gasteiger partial charge is 0.381 e. The van der Waals surface area contributed by atoms with Gasteiger partial charge >= 0.3 is 0 Å². The summed E-state index contributed by atoms with van der Waals surface area (Å²) < 4.78 is 28.5. The standard InChI is InChI=1S/C14H27ClO3S/c1-13(2)7-6-10-18-11-14(12-19(15,16)17)8-4-3-5-9-14/h13H,3-12H2,1-2H3. The summed E-state index contributed by atoms with van der Waals surface area (Å²) in [5, 5.41) is 0. The molecule has 1 saturated carbocycles. The van der Waals surface area contributed by atoms with Crippen LogP contribution in [0.2, 0.25) is 0 Å². The Morgan fingerprint density at radius 1 is 1.21 bits per heavy atom.